The van der Waals surface area contributed by atoms with Gasteiger partial charge < -0.3 is 4.74 Å². The summed E-state index contributed by atoms with van der Waals surface area (Å²) in [4.78, 5) is 11.9. The minimum Gasteiger partial charge on any atom is -0.421 e. The number of hydrogen-bond donors (Lipinski definition) is 0. The lowest BCUT2D eigenvalue weighted by Gasteiger charge is -2.10. The molecule has 0 bridgehead atoms. The van der Waals surface area contributed by atoms with Gasteiger partial charge >= 0.3 is 5.97 Å². The molecule has 0 aliphatic carbocycles. The topological polar surface area (TPSA) is 26.3 Å². The zero-order valence-electron chi connectivity index (χ0n) is 13.2. The molecule has 0 aliphatic rings. The molecule has 3 heteroatoms. The number of benzene rings is 2. The second-order valence-electron chi connectivity index (χ2n) is 5.52. The number of aryl methyl sites for hydroxylation is 4. The van der Waals surface area contributed by atoms with Crippen LogP contribution in [0.2, 0.25) is 0 Å². The third-order valence-corrected chi connectivity index (χ3v) is 3.37. The van der Waals surface area contributed by atoms with Crippen molar-refractivity contribution >= 4 is 12.0 Å². The van der Waals surface area contributed by atoms with Crippen LogP contribution in [0.3, 0.4) is 0 Å². The summed E-state index contributed by atoms with van der Waals surface area (Å²) in [6.45, 7) is 7.58. The first-order valence-corrected chi connectivity index (χ1v) is 7.10. The number of halogens is 1. The van der Waals surface area contributed by atoms with E-state index in [0.717, 1.165) is 22.3 Å². The minimum atomic E-state index is -0.976. The number of carbonyl (C=O) groups is 1. The fourth-order valence-corrected chi connectivity index (χ4v) is 2.34. The van der Waals surface area contributed by atoms with Gasteiger partial charge in [0.1, 0.15) is 5.75 Å². The molecule has 0 aliphatic heterocycles. The molecule has 0 spiro atoms. The zero-order valence-corrected chi connectivity index (χ0v) is 13.2. The molecule has 0 unspecified atom stereocenters. The van der Waals surface area contributed by atoms with Crippen LogP contribution in [-0.4, -0.2) is 5.97 Å². The van der Waals surface area contributed by atoms with Gasteiger partial charge in [-0.1, -0.05) is 47.5 Å². The van der Waals surface area contributed by atoms with Gasteiger partial charge in [-0.3, -0.25) is 0 Å². The summed E-state index contributed by atoms with van der Waals surface area (Å²) in [6, 6.07) is 11.0. The molecule has 114 valence electrons. The molecule has 0 heterocycles. The van der Waals surface area contributed by atoms with E-state index >= 15 is 0 Å². The Morgan fingerprint density at radius 3 is 2.05 bits per heavy atom. The van der Waals surface area contributed by atoms with Gasteiger partial charge in [-0.05, 0) is 50.5 Å². The number of hydrogen-bond acceptors (Lipinski definition) is 2. The van der Waals surface area contributed by atoms with E-state index < -0.39 is 11.8 Å². The molecular formula is C19H19FO2. The van der Waals surface area contributed by atoms with Gasteiger partial charge in [0.15, 0.2) is 0 Å². The Bertz CT molecular complexity index is 705. The Morgan fingerprint density at radius 1 is 0.955 bits per heavy atom. The quantitative estimate of drug-likeness (QED) is 0.460. The van der Waals surface area contributed by atoms with Crippen molar-refractivity contribution in [2.45, 2.75) is 27.7 Å². The normalized spacial score (nSPS) is 11.4. The molecular weight excluding hydrogens is 279 g/mol. The monoisotopic (exact) mass is 298 g/mol. The molecule has 0 fully saturated rings. The third-order valence-electron chi connectivity index (χ3n) is 3.37. The van der Waals surface area contributed by atoms with Crippen molar-refractivity contribution in [3.63, 3.8) is 0 Å². The summed E-state index contributed by atoms with van der Waals surface area (Å²) in [5.74, 6) is -1.47. The van der Waals surface area contributed by atoms with Gasteiger partial charge in [0, 0.05) is 0 Å². The number of carbonyl (C=O) groups excluding carboxylic acids is 1. The molecule has 0 saturated heterocycles. The molecule has 0 amide bonds. The van der Waals surface area contributed by atoms with Crippen LogP contribution in [0.25, 0.3) is 6.08 Å². The van der Waals surface area contributed by atoms with E-state index in [1.54, 1.807) is 12.1 Å². The summed E-state index contributed by atoms with van der Waals surface area (Å²) in [7, 11) is 0. The highest BCUT2D eigenvalue weighted by Crippen LogP contribution is 2.25. The van der Waals surface area contributed by atoms with Crippen LogP contribution in [0.4, 0.5) is 4.39 Å². The van der Waals surface area contributed by atoms with E-state index in [2.05, 4.69) is 0 Å². The fraction of sp³-hybridized carbons (Fsp3) is 0.211. The average molecular weight is 298 g/mol. The Hall–Kier alpha value is -2.42. The van der Waals surface area contributed by atoms with E-state index in [-0.39, 0.29) is 0 Å². The third kappa shape index (κ3) is 3.82. The lowest BCUT2D eigenvalue weighted by Crippen LogP contribution is -2.10. The van der Waals surface area contributed by atoms with Crippen LogP contribution in [0.5, 0.6) is 5.75 Å². The van der Waals surface area contributed by atoms with E-state index in [9.17, 15) is 9.18 Å². The van der Waals surface area contributed by atoms with Crippen molar-refractivity contribution < 1.29 is 13.9 Å². The maximum Gasteiger partial charge on any atom is 0.372 e. The highest BCUT2D eigenvalue weighted by molar-refractivity contribution is 5.93. The highest BCUT2D eigenvalue weighted by atomic mass is 19.1. The zero-order chi connectivity index (χ0) is 16.3. The Morgan fingerprint density at radius 2 is 1.50 bits per heavy atom. The Balaban J connectivity index is 2.20. The van der Waals surface area contributed by atoms with Crippen LogP contribution in [-0.2, 0) is 4.79 Å². The van der Waals surface area contributed by atoms with Crippen LogP contribution in [0.1, 0.15) is 27.8 Å². The second kappa shape index (κ2) is 6.56. The van der Waals surface area contributed by atoms with E-state index in [4.69, 9.17) is 4.74 Å². The molecule has 2 rings (SSSR count). The van der Waals surface area contributed by atoms with Gasteiger partial charge in [0.25, 0.3) is 0 Å². The van der Waals surface area contributed by atoms with Gasteiger partial charge in [0.2, 0.25) is 5.83 Å². The summed E-state index contributed by atoms with van der Waals surface area (Å²) >= 11 is 0. The maximum atomic E-state index is 14.0. The van der Waals surface area contributed by atoms with Crippen LogP contribution in [0.15, 0.2) is 42.2 Å². The second-order valence-corrected chi connectivity index (χ2v) is 5.52. The smallest absolute Gasteiger partial charge is 0.372 e. The van der Waals surface area contributed by atoms with Crippen molar-refractivity contribution in [2.24, 2.45) is 0 Å². The first-order valence-electron chi connectivity index (χ1n) is 7.10. The maximum absolute atomic E-state index is 14.0. The minimum absolute atomic E-state index is 0.419. The number of esters is 1. The van der Waals surface area contributed by atoms with Crippen molar-refractivity contribution in [2.75, 3.05) is 0 Å². The summed E-state index contributed by atoms with van der Waals surface area (Å²) in [5, 5.41) is 0. The Labute approximate surface area is 130 Å². The number of rotatable bonds is 3. The van der Waals surface area contributed by atoms with Crippen molar-refractivity contribution in [3.05, 3.63) is 70.0 Å². The summed E-state index contributed by atoms with van der Waals surface area (Å²) in [6.07, 6.45) is 1.18. The van der Waals surface area contributed by atoms with E-state index in [1.807, 2.05) is 52.0 Å². The molecule has 2 nitrogen and oxygen atoms in total. The van der Waals surface area contributed by atoms with Gasteiger partial charge in [-0.15, -0.1) is 0 Å². The lowest BCUT2D eigenvalue weighted by molar-refractivity contribution is -0.131. The van der Waals surface area contributed by atoms with E-state index in [1.165, 1.54) is 6.08 Å². The molecule has 2 aromatic carbocycles. The standard InChI is InChI=1S/C19H19FO2/c1-12-5-7-16(8-6-12)11-17(20)19(21)22-18-14(3)9-13(2)10-15(18)4/h5-11H,1-4H3/b17-11+. The van der Waals surface area contributed by atoms with Crippen LogP contribution in [0, 0.1) is 27.7 Å². The lowest BCUT2D eigenvalue weighted by atomic mass is 10.1. The summed E-state index contributed by atoms with van der Waals surface area (Å²) < 4.78 is 19.2. The molecule has 0 radical (unpaired) electrons. The van der Waals surface area contributed by atoms with Gasteiger partial charge in [0.05, 0.1) is 0 Å². The predicted molar refractivity (Wildman–Crippen MR) is 86.6 cm³/mol. The molecule has 2 aromatic rings. The molecule has 0 aromatic heterocycles. The predicted octanol–water partition coefficient (Wildman–Crippen LogP) is 4.84. The van der Waals surface area contributed by atoms with Crippen LogP contribution < -0.4 is 4.74 Å². The first-order chi connectivity index (χ1) is 10.4. The van der Waals surface area contributed by atoms with Crippen molar-refractivity contribution in [1.29, 1.82) is 0 Å². The first kappa shape index (κ1) is 16.0. The van der Waals surface area contributed by atoms with Crippen molar-refractivity contribution in [3.8, 4) is 5.75 Å². The van der Waals surface area contributed by atoms with Crippen molar-refractivity contribution in [1.82, 2.24) is 0 Å². The number of ether oxygens (including phenoxy) is 1. The Kier molecular flexibility index (Phi) is 4.76. The SMILES string of the molecule is Cc1ccc(/C=C(/F)C(=O)Oc2c(C)cc(C)cc2C)cc1. The molecule has 0 saturated carbocycles. The van der Waals surface area contributed by atoms with Gasteiger partial charge in [-0.25, -0.2) is 4.79 Å². The molecule has 22 heavy (non-hydrogen) atoms. The molecule has 0 atom stereocenters. The summed E-state index contributed by atoms with van der Waals surface area (Å²) in [5.41, 5.74) is 4.40. The van der Waals surface area contributed by atoms with Crippen LogP contribution >= 0.6 is 0 Å². The van der Waals surface area contributed by atoms with Gasteiger partial charge in [-0.2, -0.15) is 4.39 Å². The highest BCUT2D eigenvalue weighted by Gasteiger charge is 2.15. The largest absolute Gasteiger partial charge is 0.421 e. The fourth-order valence-electron chi connectivity index (χ4n) is 2.34. The average Bonchev–Trinajstić information content (AvgIpc) is 2.45. The molecule has 0 N–H and O–H groups in total. The van der Waals surface area contributed by atoms with E-state index in [0.29, 0.717) is 11.3 Å².